The van der Waals surface area contributed by atoms with E-state index in [4.69, 9.17) is 0 Å². The Kier molecular flexibility index (Phi) is 3.37. The molecule has 92 valence electrons. The zero-order chi connectivity index (χ0) is 13.1. The van der Waals surface area contributed by atoms with E-state index in [9.17, 15) is 13.6 Å². The van der Waals surface area contributed by atoms with Crippen molar-refractivity contribution in [2.24, 2.45) is 0 Å². The van der Waals surface area contributed by atoms with Gasteiger partial charge in [0.15, 0.2) is 17.9 Å². The molecule has 0 radical (unpaired) electrons. The lowest BCUT2D eigenvalue weighted by molar-refractivity contribution is 0.112. The van der Waals surface area contributed by atoms with Gasteiger partial charge in [-0.2, -0.15) is 4.39 Å². The fraction of sp³-hybridized carbons (Fsp3) is 0.0714. The molecule has 0 fully saturated rings. The van der Waals surface area contributed by atoms with Crippen LogP contribution in [0.25, 0.3) is 11.1 Å². The van der Waals surface area contributed by atoms with Gasteiger partial charge in [0.1, 0.15) is 0 Å². The van der Waals surface area contributed by atoms with Crippen LogP contribution in [-0.4, -0.2) is 13.4 Å². The number of carbonyl (C=O) groups excluding carboxylic acids is 1. The van der Waals surface area contributed by atoms with Gasteiger partial charge in [-0.05, 0) is 17.7 Å². The highest BCUT2D eigenvalue weighted by Gasteiger charge is 2.16. The van der Waals surface area contributed by atoms with Gasteiger partial charge in [0.05, 0.1) is 7.11 Å². The summed E-state index contributed by atoms with van der Waals surface area (Å²) in [4.78, 5) is 10.9. The first kappa shape index (κ1) is 12.2. The average Bonchev–Trinajstić information content (AvgIpc) is 2.42. The minimum Gasteiger partial charge on any atom is -0.494 e. The summed E-state index contributed by atoms with van der Waals surface area (Å²) in [6, 6.07) is 9.14. The monoisotopic (exact) mass is 248 g/mol. The molecular weight excluding hydrogens is 238 g/mol. The van der Waals surface area contributed by atoms with E-state index in [2.05, 4.69) is 4.74 Å². The molecule has 0 aliphatic heterocycles. The number of aldehydes is 1. The molecule has 0 aliphatic rings. The van der Waals surface area contributed by atoms with Gasteiger partial charge in [0.2, 0.25) is 5.82 Å². The van der Waals surface area contributed by atoms with E-state index >= 15 is 0 Å². The van der Waals surface area contributed by atoms with E-state index in [1.54, 1.807) is 24.3 Å². The lowest BCUT2D eigenvalue weighted by Crippen LogP contribution is -1.96. The maximum Gasteiger partial charge on any atom is 0.201 e. The van der Waals surface area contributed by atoms with Crippen molar-refractivity contribution in [3.05, 3.63) is 53.6 Å². The van der Waals surface area contributed by atoms with Gasteiger partial charge in [-0.15, -0.1) is 0 Å². The molecule has 0 spiro atoms. The molecule has 0 N–H and O–H groups in total. The Bertz CT molecular complexity index is 594. The standard InChI is InChI=1S/C14H10F2O2/c1-18-12-7-6-11(13(15)14(12)16)10-5-3-2-4-9(10)8-17/h2-8H,1H3. The topological polar surface area (TPSA) is 26.3 Å². The van der Waals surface area contributed by atoms with Crippen LogP contribution < -0.4 is 4.74 Å². The summed E-state index contributed by atoms with van der Waals surface area (Å²) in [6.45, 7) is 0. The Labute approximate surface area is 103 Å². The minimum atomic E-state index is -1.06. The lowest BCUT2D eigenvalue weighted by atomic mass is 9.99. The summed E-state index contributed by atoms with van der Waals surface area (Å²) in [7, 11) is 1.26. The third kappa shape index (κ3) is 1.97. The van der Waals surface area contributed by atoms with E-state index < -0.39 is 11.6 Å². The van der Waals surface area contributed by atoms with Crippen molar-refractivity contribution in [2.45, 2.75) is 0 Å². The summed E-state index contributed by atoms with van der Waals surface area (Å²) in [6.07, 6.45) is 0.608. The van der Waals surface area contributed by atoms with Crippen molar-refractivity contribution in [2.75, 3.05) is 7.11 Å². The molecule has 0 unspecified atom stereocenters. The summed E-state index contributed by atoms with van der Waals surface area (Å²) in [5.41, 5.74) is 0.698. The lowest BCUT2D eigenvalue weighted by Gasteiger charge is -2.09. The van der Waals surface area contributed by atoms with E-state index in [1.807, 2.05) is 0 Å². The van der Waals surface area contributed by atoms with E-state index in [-0.39, 0.29) is 11.3 Å². The van der Waals surface area contributed by atoms with Crippen molar-refractivity contribution in [1.29, 1.82) is 0 Å². The second kappa shape index (κ2) is 4.96. The summed E-state index contributed by atoms with van der Waals surface area (Å²) in [5, 5.41) is 0. The predicted molar refractivity (Wildman–Crippen MR) is 63.7 cm³/mol. The quantitative estimate of drug-likeness (QED) is 0.777. The van der Waals surface area contributed by atoms with Crippen LogP contribution in [0.3, 0.4) is 0 Å². The maximum absolute atomic E-state index is 13.9. The molecule has 2 nitrogen and oxygen atoms in total. The molecular formula is C14H10F2O2. The summed E-state index contributed by atoms with van der Waals surface area (Å²) in [5.74, 6) is -2.25. The number of benzene rings is 2. The molecule has 0 aliphatic carbocycles. The normalized spacial score (nSPS) is 10.2. The minimum absolute atomic E-state index is 0.0380. The van der Waals surface area contributed by atoms with Gasteiger partial charge < -0.3 is 4.74 Å². The van der Waals surface area contributed by atoms with Crippen LogP contribution in [0.4, 0.5) is 8.78 Å². The Morgan fingerprint density at radius 2 is 1.72 bits per heavy atom. The highest BCUT2D eigenvalue weighted by Crippen LogP contribution is 2.31. The van der Waals surface area contributed by atoms with Crippen LogP contribution in [0.1, 0.15) is 10.4 Å². The molecule has 0 saturated heterocycles. The van der Waals surface area contributed by atoms with E-state index in [0.29, 0.717) is 17.4 Å². The Hall–Kier alpha value is -2.23. The largest absolute Gasteiger partial charge is 0.494 e. The molecule has 0 atom stereocenters. The van der Waals surface area contributed by atoms with Crippen LogP contribution in [0.2, 0.25) is 0 Å². The van der Waals surface area contributed by atoms with Gasteiger partial charge >= 0.3 is 0 Å². The first-order valence-corrected chi connectivity index (χ1v) is 5.25. The molecule has 4 heteroatoms. The SMILES string of the molecule is COc1ccc(-c2ccccc2C=O)c(F)c1F. The molecule has 2 rings (SSSR count). The number of methoxy groups -OCH3 is 1. The van der Waals surface area contributed by atoms with Crippen molar-refractivity contribution >= 4 is 6.29 Å². The molecule has 0 heterocycles. The third-order valence-electron chi connectivity index (χ3n) is 2.64. The Morgan fingerprint density at radius 3 is 2.39 bits per heavy atom. The van der Waals surface area contributed by atoms with E-state index in [1.165, 1.54) is 19.2 Å². The van der Waals surface area contributed by atoms with Gasteiger partial charge in [-0.25, -0.2) is 4.39 Å². The highest BCUT2D eigenvalue weighted by molar-refractivity contribution is 5.87. The highest BCUT2D eigenvalue weighted by atomic mass is 19.2. The number of hydrogen-bond acceptors (Lipinski definition) is 2. The van der Waals surface area contributed by atoms with Crippen molar-refractivity contribution in [1.82, 2.24) is 0 Å². The molecule has 0 aromatic heterocycles. The molecule has 18 heavy (non-hydrogen) atoms. The van der Waals surface area contributed by atoms with Gasteiger partial charge in [-0.3, -0.25) is 4.79 Å². The first-order valence-electron chi connectivity index (χ1n) is 5.25. The van der Waals surface area contributed by atoms with Crippen molar-refractivity contribution < 1.29 is 18.3 Å². The zero-order valence-corrected chi connectivity index (χ0v) is 9.61. The molecule has 0 saturated carbocycles. The molecule has 0 amide bonds. The third-order valence-corrected chi connectivity index (χ3v) is 2.64. The number of hydrogen-bond donors (Lipinski definition) is 0. The zero-order valence-electron chi connectivity index (χ0n) is 9.61. The van der Waals surface area contributed by atoms with Gasteiger partial charge in [0.25, 0.3) is 0 Å². The Morgan fingerprint density at radius 1 is 1.00 bits per heavy atom. The van der Waals surface area contributed by atoms with E-state index in [0.717, 1.165) is 0 Å². The summed E-state index contributed by atoms with van der Waals surface area (Å²) >= 11 is 0. The average molecular weight is 248 g/mol. The van der Waals surface area contributed by atoms with Crippen LogP contribution in [0.5, 0.6) is 5.75 Å². The second-order valence-electron chi connectivity index (χ2n) is 3.65. The predicted octanol–water partition coefficient (Wildman–Crippen LogP) is 3.45. The van der Waals surface area contributed by atoms with Crippen molar-refractivity contribution in [3.63, 3.8) is 0 Å². The maximum atomic E-state index is 13.9. The van der Waals surface area contributed by atoms with Crippen LogP contribution in [0.15, 0.2) is 36.4 Å². The number of ether oxygens (including phenoxy) is 1. The van der Waals surface area contributed by atoms with Crippen molar-refractivity contribution in [3.8, 4) is 16.9 Å². The molecule has 0 bridgehead atoms. The molecule has 2 aromatic rings. The van der Waals surface area contributed by atoms with Crippen LogP contribution in [0, 0.1) is 11.6 Å². The number of carbonyl (C=O) groups is 1. The molecule has 2 aromatic carbocycles. The first-order chi connectivity index (χ1) is 8.69. The van der Waals surface area contributed by atoms with Crippen LogP contribution >= 0.6 is 0 Å². The Balaban J connectivity index is 2.65. The number of halogens is 2. The van der Waals surface area contributed by atoms with Gasteiger partial charge in [-0.1, -0.05) is 24.3 Å². The van der Waals surface area contributed by atoms with Crippen LogP contribution in [-0.2, 0) is 0 Å². The smallest absolute Gasteiger partial charge is 0.201 e. The number of rotatable bonds is 3. The second-order valence-corrected chi connectivity index (χ2v) is 3.65. The van der Waals surface area contributed by atoms with Gasteiger partial charge in [0, 0.05) is 11.1 Å². The summed E-state index contributed by atoms with van der Waals surface area (Å²) < 4.78 is 32.2. The fourth-order valence-corrected chi connectivity index (χ4v) is 1.74. The fourth-order valence-electron chi connectivity index (χ4n) is 1.74.